The van der Waals surface area contributed by atoms with E-state index in [1.165, 1.54) is 0 Å². The maximum absolute atomic E-state index is 13.7. The number of amidine groups is 1. The van der Waals surface area contributed by atoms with Gasteiger partial charge in [0.15, 0.2) is 5.82 Å². The number of aromatic nitrogens is 3. The molecule has 9 nitrogen and oxygen atoms in total. The summed E-state index contributed by atoms with van der Waals surface area (Å²) in [5, 5.41) is 15.4. The Morgan fingerprint density at radius 1 is 1.20 bits per heavy atom. The van der Waals surface area contributed by atoms with Gasteiger partial charge < -0.3 is 15.4 Å². The molecule has 182 valence electrons. The van der Waals surface area contributed by atoms with Crippen LogP contribution in [0, 0.1) is 17.2 Å². The van der Waals surface area contributed by atoms with Crippen molar-refractivity contribution in [1.29, 1.82) is 5.26 Å². The number of aryl methyl sites for hydroxylation is 1. The molecule has 0 amide bonds. The first kappa shape index (κ1) is 23.2. The molecule has 0 radical (unpaired) electrons. The van der Waals surface area contributed by atoms with Gasteiger partial charge in [-0.1, -0.05) is 38.0 Å². The number of carbonyl (C=O) groups excluding carboxylic acids is 1. The van der Waals surface area contributed by atoms with Crippen molar-refractivity contribution in [3.05, 3.63) is 53.4 Å². The summed E-state index contributed by atoms with van der Waals surface area (Å²) < 4.78 is 7.41. The van der Waals surface area contributed by atoms with Crippen molar-refractivity contribution in [3.63, 3.8) is 0 Å². The molecule has 1 saturated heterocycles. The zero-order valence-corrected chi connectivity index (χ0v) is 20.1. The van der Waals surface area contributed by atoms with Crippen molar-refractivity contribution >= 4 is 11.6 Å². The van der Waals surface area contributed by atoms with E-state index in [1.54, 1.807) is 0 Å². The number of carbonyl (C=O) groups is 1. The SMILES string of the molecule is CCc1nc(C2(C3CCCCCC3=O)C(N3CCOCC3)=NC(N)=C2C#N)nn1-c1ccccc1. The third kappa shape index (κ3) is 3.82. The first-order chi connectivity index (χ1) is 17.1. The van der Waals surface area contributed by atoms with Crippen molar-refractivity contribution in [2.75, 3.05) is 26.3 Å². The minimum absolute atomic E-state index is 0.125. The normalized spacial score (nSPS) is 25.4. The van der Waals surface area contributed by atoms with Gasteiger partial charge in [-0.05, 0) is 25.0 Å². The molecule has 3 aliphatic rings. The average molecular weight is 474 g/mol. The van der Waals surface area contributed by atoms with Crippen LogP contribution in [0.15, 0.2) is 46.7 Å². The van der Waals surface area contributed by atoms with Gasteiger partial charge in [0, 0.05) is 31.8 Å². The molecule has 1 aromatic heterocycles. The predicted molar refractivity (Wildman–Crippen MR) is 131 cm³/mol. The molecule has 5 rings (SSSR count). The number of nitrogens with zero attached hydrogens (tertiary/aromatic N) is 6. The second kappa shape index (κ2) is 9.62. The number of nitriles is 1. The molecule has 0 bridgehead atoms. The van der Waals surface area contributed by atoms with Gasteiger partial charge in [0.25, 0.3) is 0 Å². The smallest absolute Gasteiger partial charge is 0.171 e. The van der Waals surface area contributed by atoms with Crippen LogP contribution in [-0.2, 0) is 21.4 Å². The van der Waals surface area contributed by atoms with Crippen molar-refractivity contribution in [3.8, 4) is 11.8 Å². The van der Waals surface area contributed by atoms with Crippen LogP contribution in [0.5, 0.6) is 0 Å². The summed E-state index contributed by atoms with van der Waals surface area (Å²) in [5.41, 5.74) is 6.37. The van der Waals surface area contributed by atoms with Gasteiger partial charge in [0.2, 0.25) is 0 Å². The number of rotatable bonds is 4. The first-order valence-corrected chi connectivity index (χ1v) is 12.5. The molecule has 0 spiro atoms. The number of ether oxygens (including phenoxy) is 1. The van der Waals surface area contributed by atoms with Gasteiger partial charge in [-0.2, -0.15) is 5.26 Å². The third-order valence-corrected chi connectivity index (χ3v) is 7.32. The number of nitrogens with two attached hydrogens (primary N) is 1. The highest BCUT2D eigenvalue weighted by atomic mass is 16.5. The topological polar surface area (TPSA) is 122 Å². The fourth-order valence-electron chi connectivity index (χ4n) is 5.64. The summed E-state index contributed by atoms with van der Waals surface area (Å²) in [5.74, 6) is 1.58. The van der Waals surface area contributed by atoms with Crippen LogP contribution >= 0.6 is 0 Å². The van der Waals surface area contributed by atoms with Crippen LogP contribution in [0.4, 0.5) is 0 Å². The van der Waals surface area contributed by atoms with Gasteiger partial charge in [0.05, 0.1) is 24.5 Å². The Morgan fingerprint density at radius 2 is 1.97 bits per heavy atom. The number of hydrogen-bond donors (Lipinski definition) is 1. The standard InChI is InChI=1S/C26H31N7O2/c1-2-22-29-24(31-33(22)18-9-5-3-6-10-18)26(19-11-7-4-8-12-21(19)34)20(17-27)23(28)30-25(26)32-13-15-35-16-14-32/h3,5-6,9-10,19H,2,4,7-8,11-16,28H2,1H3. The van der Waals surface area contributed by atoms with Crippen molar-refractivity contribution in [2.45, 2.75) is 50.9 Å². The Hall–Kier alpha value is -3.51. The van der Waals surface area contributed by atoms with E-state index in [-0.39, 0.29) is 17.2 Å². The van der Waals surface area contributed by atoms with Gasteiger partial charge in [-0.3, -0.25) is 4.79 Å². The Labute approximate surface area is 205 Å². The highest BCUT2D eigenvalue weighted by Gasteiger charge is 2.59. The molecule has 2 N–H and O–H groups in total. The lowest BCUT2D eigenvalue weighted by Gasteiger charge is -2.41. The summed E-state index contributed by atoms with van der Waals surface area (Å²) in [6.45, 7) is 4.32. The maximum Gasteiger partial charge on any atom is 0.171 e. The summed E-state index contributed by atoms with van der Waals surface area (Å²) in [6.07, 6.45) is 4.48. The van der Waals surface area contributed by atoms with Crippen LogP contribution < -0.4 is 5.73 Å². The van der Waals surface area contributed by atoms with E-state index in [2.05, 4.69) is 11.0 Å². The van der Waals surface area contributed by atoms with Crippen LogP contribution in [-0.4, -0.2) is 57.6 Å². The van der Waals surface area contributed by atoms with Crippen molar-refractivity contribution in [1.82, 2.24) is 19.7 Å². The molecule has 3 heterocycles. The quantitative estimate of drug-likeness (QED) is 0.677. The molecule has 2 aliphatic heterocycles. The van der Waals surface area contributed by atoms with Crippen LogP contribution in [0.2, 0.25) is 0 Å². The van der Waals surface area contributed by atoms with Gasteiger partial charge in [-0.25, -0.2) is 14.7 Å². The molecular weight excluding hydrogens is 442 g/mol. The van der Waals surface area contributed by atoms with E-state index in [4.69, 9.17) is 25.5 Å². The van der Waals surface area contributed by atoms with E-state index >= 15 is 0 Å². The minimum Gasteiger partial charge on any atom is -0.383 e. The summed E-state index contributed by atoms with van der Waals surface area (Å²) >= 11 is 0. The van der Waals surface area contributed by atoms with Crippen molar-refractivity contribution in [2.24, 2.45) is 16.6 Å². The first-order valence-electron chi connectivity index (χ1n) is 12.5. The van der Waals surface area contributed by atoms with Gasteiger partial charge in [-0.15, -0.1) is 5.10 Å². The van der Waals surface area contributed by atoms with Crippen LogP contribution in [0.1, 0.15) is 50.7 Å². The number of aliphatic imine (C=N–C) groups is 1. The Balaban J connectivity index is 1.77. The van der Waals surface area contributed by atoms with E-state index in [0.717, 1.165) is 30.8 Å². The Morgan fingerprint density at radius 3 is 2.69 bits per heavy atom. The second-order valence-electron chi connectivity index (χ2n) is 9.29. The summed E-state index contributed by atoms with van der Waals surface area (Å²) in [7, 11) is 0. The van der Waals surface area contributed by atoms with E-state index in [1.807, 2.05) is 41.9 Å². The van der Waals surface area contributed by atoms with E-state index < -0.39 is 11.3 Å². The highest BCUT2D eigenvalue weighted by Crippen LogP contribution is 2.48. The number of benzene rings is 1. The zero-order chi connectivity index (χ0) is 24.4. The highest BCUT2D eigenvalue weighted by molar-refractivity contribution is 6.04. The zero-order valence-electron chi connectivity index (χ0n) is 20.1. The van der Waals surface area contributed by atoms with Gasteiger partial charge in [0.1, 0.15) is 34.7 Å². The molecule has 35 heavy (non-hydrogen) atoms. The monoisotopic (exact) mass is 473 g/mol. The lowest BCUT2D eigenvalue weighted by atomic mass is 9.65. The maximum atomic E-state index is 13.7. The summed E-state index contributed by atoms with van der Waals surface area (Å²) in [6, 6.07) is 12.1. The molecule has 1 aromatic carbocycles. The van der Waals surface area contributed by atoms with Crippen molar-refractivity contribution < 1.29 is 9.53 Å². The fraction of sp³-hybridized carbons (Fsp3) is 0.500. The van der Waals surface area contributed by atoms with Crippen LogP contribution in [0.3, 0.4) is 0 Å². The average Bonchev–Trinajstić information content (AvgIpc) is 3.38. The number of morpholine rings is 1. The van der Waals surface area contributed by atoms with Gasteiger partial charge >= 0.3 is 0 Å². The third-order valence-electron chi connectivity index (χ3n) is 7.32. The Bertz CT molecular complexity index is 1200. The molecule has 1 saturated carbocycles. The Kier molecular flexibility index (Phi) is 6.39. The molecular formula is C26H31N7O2. The van der Waals surface area contributed by atoms with E-state index in [0.29, 0.717) is 57.2 Å². The number of hydrogen-bond acceptors (Lipinski definition) is 8. The summed E-state index contributed by atoms with van der Waals surface area (Å²) in [4.78, 5) is 25.5. The molecule has 2 aromatic rings. The largest absolute Gasteiger partial charge is 0.383 e. The predicted octanol–water partition coefficient (Wildman–Crippen LogP) is 2.66. The van der Waals surface area contributed by atoms with E-state index in [9.17, 15) is 10.1 Å². The molecule has 2 unspecified atom stereocenters. The molecule has 9 heteroatoms. The molecule has 2 atom stereocenters. The lowest BCUT2D eigenvalue weighted by Crippen LogP contribution is -2.55. The number of para-hydroxylation sites is 1. The lowest BCUT2D eigenvalue weighted by molar-refractivity contribution is -0.123. The van der Waals surface area contributed by atoms with Crippen LogP contribution in [0.25, 0.3) is 5.69 Å². The second-order valence-corrected chi connectivity index (χ2v) is 9.29. The molecule has 1 aliphatic carbocycles. The minimum atomic E-state index is -1.21. The number of ketones is 1. The molecule has 2 fully saturated rings. The fourth-order valence-corrected chi connectivity index (χ4v) is 5.64. The number of Topliss-reactive ketones (excluding diaryl/α,β-unsaturated/α-hetero) is 1.